The molecule has 1 amide bonds. The minimum atomic E-state index is -0.442. The van der Waals surface area contributed by atoms with Gasteiger partial charge >= 0.3 is 6.09 Å². The van der Waals surface area contributed by atoms with Gasteiger partial charge < -0.3 is 10.1 Å². The molecule has 1 fully saturated rings. The highest BCUT2D eigenvalue weighted by Gasteiger charge is 2.24. The zero-order valence-electron chi connectivity index (χ0n) is 11.3. The van der Waals surface area contributed by atoms with Crippen LogP contribution in [0, 0.1) is 5.92 Å². The van der Waals surface area contributed by atoms with Gasteiger partial charge in [0.25, 0.3) is 0 Å². The highest BCUT2D eigenvalue weighted by molar-refractivity contribution is 5.68. The van der Waals surface area contributed by atoms with Crippen molar-refractivity contribution in [2.75, 3.05) is 0 Å². The molecule has 1 aliphatic carbocycles. The molecular weight excluding hydrogens is 214 g/mol. The molecule has 1 aliphatic rings. The van der Waals surface area contributed by atoms with Crippen LogP contribution >= 0.6 is 0 Å². The molecule has 98 valence electrons. The Kier molecular flexibility index (Phi) is 5.03. The molecule has 0 saturated heterocycles. The molecule has 3 heteroatoms. The van der Waals surface area contributed by atoms with Crippen LogP contribution in [0.5, 0.6) is 0 Å². The fourth-order valence-corrected chi connectivity index (χ4v) is 2.31. The third kappa shape index (κ3) is 5.24. The van der Waals surface area contributed by atoms with E-state index in [9.17, 15) is 4.79 Å². The van der Waals surface area contributed by atoms with Crippen molar-refractivity contribution in [1.29, 1.82) is 0 Å². The predicted octanol–water partition coefficient (Wildman–Crippen LogP) is 3.65. The summed E-state index contributed by atoms with van der Waals surface area (Å²) in [7, 11) is 0. The Balaban J connectivity index is 2.45. The summed E-state index contributed by atoms with van der Waals surface area (Å²) in [4.78, 5) is 11.7. The van der Waals surface area contributed by atoms with Gasteiger partial charge in [-0.25, -0.2) is 4.79 Å². The maximum atomic E-state index is 11.7. The SMILES string of the molecule is C=C[C@@H](NC(=O)OC(C)(C)C)C1CCCCC1. The van der Waals surface area contributed by atoms with Gasteiger partial charge in [-0.2, -0.15) is 0 Å². The number of hydrogen-bond donors (Lipinski definition) is 1. The average Bonchev–Trinajstić information content (AvgIpc) is 2.24. The zero-order chi connectivity index (χ0) is 12.9. The average molecular weight is 239 g/mol. The number of amides is 1. The minimum Gasteiger partial charge on any atom is -0.444 e. The molecule has 0 spiro atoms. The number of hydrogen-bond acceptors (Lipinski definition) is 2. The first-order valence-corrected chi connectivity index (χ1v) is 6.54. The summed E-state index contributed by atoms with van der Waals surface area (Å²) in [5.41, 5.74) is -0.442. The van der Waals surface area contributed by atoms with Gasteiger partial charge in [-0.05, 0) is 39.5 Å². The van der Waals surface area contributed by atoms with E-state index in [0.717, 1.165) is 0 Å². The first-order chi connectivity index (χ1) is 7.92. The molecule has 0 aliphatic heterocycles. The summed E-state index contributed by atoms with van der Waals surface area (Å²) in [6.45, 7) is 9.43. The smallest absolute Gasteiger partial charge is 0.408 e. The van der Waals surface area contributed by atoms with Crippen LogP contribution in [-0.4, -0.2) is 17.7 Å². The monoisotopic (exact) mass is 239 g/mol. The molecule has 1 N–H and O–H groups in total. The van der Waals surface area contributed by atoms with Crippen molar-refractivity contribution < 1.29 is 9.53 Å². The molecule has 0 aromatic heterocycles. The van der Waals surface area contributed by atoms with E-state index in [1.165, 1.54) is 32.1 Å². The van der Waals surface area contributed by atoms with Gasteiger partial charge in [0.05, 0.1) is 6.04 Å². The van der Waals surface area contributed by atoms with Gasteiger partial charge in [0.1, 0.15) is 5.60 Å². The Morgan fingerprint density at radius 3 is 2.41 bits per heavy atom. The molecule has 1 atom stereocenters. The van der Waals surface area contributed by atoms with Gasteiger partial charge in [-0.1, -0.05) is 25.3 Å². The fourth-order valence-electron chi connectivity index (χ4n) is 2.31. The largest absolute Gasteiger partial charge is 0.444 e. The van der Waals surface area contributed by atoms with E-state index in [0.29, 0.717) is 5.92 Å². The van der Waals surface area contributed by atoms with Crippen LogP contribution < -0.4 is 5.32 Å². The van der Waals surface area contributed by atoms with E-state index >= 15 is 0 Å². The van der Waals surface area contributed by atoms with Crippen molar-refractivity contribution in [2.24, 2.45) is 5.92 Å². The summed E-state index contributed by atoms with van der Waals surface area (Å²) in [5, 5.41) is 2.91. The summed E-state index contributed by atoms with van der Waals surface area (Å²) >= 11 is 0. The number of carbonyl (C=O) groups is 1. The first-order valence-electron chi connectivity index (χ1n) is 6.54. The van der Waals surface area contributed by atoms with Crippen molar-refractivity contribution >= 4 is 6.09 Å². The van der Waals surface area contributed by atoms with Crippen LogP contribution in [0.3, 0.4) is 0 Å². The predicted molar refractivity (Wildman–Crippen MR) is 69.9 cm³/mol. The highest BCUT2D eigenvalue weighted by Crippen LogP contribution is 2.27. The Hall–Kier alpha value is -0.990. The second kappa shape index (κ2) is 6.08. The lowest BCUT2D eigenvalue weighted by molar-refractivity contribution is 0.0494. The van der Waals surface area contributed by atoms with E-state index < -0.39 is 5.60 Å². The third-order valence-electron chi connectivity index (χ3n) is 3.10. The first kappa shape index (κ1) is 14.1. The second-order valence-electron chi connectivity index (χ2n) is 5.81. The summed E-state index contributed by atoms with van der Waals surface area (Å²) in [5.74, 6) is 0.522. The number of rotatable bonds is 3. The normalized spacial score (nSPS) is 19.5. The molecule has 1 rings (SSSR count). The Morgan fingerprint density at radius 2 is 1.94 bits per heavy atom. The number of alkyl carbamates (subject to hydrolysis) is 1. The highest BCUT2D eigenvalue weighted by atomic mass is 16.6. The van der Waals surface area contributed by atoms with Gasteiger partial charge in [-0.3, -0.25) is 0 Å². The van der Waals surface area contributed by atoms with Crippen molar-refractivity contribution in [3.8, 4) is 0 Å². The number of nitrogens with one attached hydrogen (secondary N) is 1. The zero-order valence-corrected chi connectivity index (χ0v) is 11.3. The lowest BCUT2D eigenvalue weighted by atomic mass is 9.84. The lowest BCUT2D eigenvalue weighted by Crippen LogP contribution is -2.42. The van der Waals surface area contributed by atoms with E-state index in [2.05, 4.69) is 11.9 Å². The van der Waals surface area contributed by atoms with Crippen LogP contribution in [-0.2, 0) is 4.74 Å². The maximum Gasteiger partial charge on any atom is 0.408 e. The molecule has 1 saturated carbocycles. The van der Waals surface area contributed by atoms with Gasteiger partial charge in [0, 0.05) is 0 Å². The standard InChI is InChI=1S/C14H25NO2/c1-5-12(11-9-7-6-8-10-11)15-13(16)17-14(2,3)4/h5,11-12H,1,6-10H2,2-4H3,(H,15,16)/t12-/m1/s1. The molecule has 0 aromatic carbocycles. The van der Waals surface area contributed by atoms with Crippen molar-refractivity contribution in [3.63, 3.8) is 0 Å². The van der Waals surface area contributed by atoms with Crippen LogP contribution in [0.2, 0.25) is 0 Å². The molecule has 0 radical (unpaired) electrons. The van der Waals surface area contributed by atoms with Crippen LogP contribution in [0.25, 0.3) is 0 Å². The Morgan fingerprint density at radius 1 is 1.35 bits per heavy atom. The molecule has 0 bridgehead atoms. The number of carbonyl (C=O) groups excluding carboxylic acids is 1. The van der Waals surface area contributed by atoms with Crippen LogP contribution in [0.15, 0.2) is 12.7 Å². The van der Waals surface area contributed by atoms with Crippen LogP contribution in [0.1, 0.15) is 52.9 Å². The summed E-state index contributed by atoms with van der Waals surface area (Å²) < 4.78 is 5.26. The van der Waals surface area contributed by atoms with Gasteiger partial charge in [0.2, 0.25) is 0 Å². The van der Waals surface area contributed by atoms with Crippen molar-refractivity contribution in [2.45, 2.75) is 64.5 Å². The third-order valence-corrected chi connectivity index (χ3v) is 3.10. The lowest BCUT2D eigenvalue weighted by Gasteiger charge is -2.29. The summed E-state index contributed by atoms with van der Waals surface area (Å²) in [6.07, 6.45) is 7.66. The van der Waals surface area contributed by atoms with Crippen molar-refractivity contribution in [1.82, 2.24) is 5.32 Å². The second-order valence-corrected chi connectivity index (χ2v) is 5.81. The maximum absolute atomic E-state index is 11.7. The Labute approximate surface area is 105 Å². The van der Waals surface area contributed by atoms with Gasteiger partial charge in [0.15, 0.2) is 0 Å². The molecule has 0 heterocycles. The van der Waals surface area contributed by atoms with E-state index in [-0.39, 0.29) is 12.1 Å². The summed E-state index contributed by atoms with van der Waals surface area (Å²) in [6, 6.07) is 0.0464. The van der Waals surface area contributed by atoms with E-state index in [1.807, 2.05) is 26.8 Å². The number of ether oxygens (including phenoxy) is 1. The molecular formula is C14H25NO2. The molecule has 0 aromatic rings. The van der Waals surface area contributed by atoms with E-state index in [1.54, 1.807) is 0 Å². The van der Waals surface area contributed by atoms with Crippen molar-refractivity contribution in [3.05, 3.63) is 12.7 Å². The van der Waals surface area contributed by atoms with Crippen LogP contribution in [0.4, 0.5) is 4.79 Å². The molecule has 17 heavy (non-hydrogen) atoms. The quantitative estimate of drug-likeness (QED) is 0.763. The minimum absolute atomic E-state index is 0.0464. The topological polar surface area (TPSA) is 38.3 Å². The van der Waals surface area contributed by atoms with Gasteiger partial charge in [-0.15, -0.1) is 6.58 Å². The fraction of sp³-hybridized carbons (Fsp3) is 0.786. The Bertz CT molecular complexity index is 262. The molecule has 3 nitrogen and oxygen atoms in total. The van der Waals surface area contributed by atoms with E-state index in [4.69, 9.17) is 4.74 Å². The molecule has 0 unspecified atom stereocenters.